The standard InChI is InChI=1S/C15H17NO3/c1-4-19-13-7-5-6-12-11(9-14(17)18-3)8-10(2)16-15(12)13/h5-8H,4,9H2,1-3H3. The lowest BCUT2D eigenvalue weighted by Crippen LogP contribution is -2.06. The highest BCUT2D eigenvalue weighted by Crippen LogP contribution is 2.27. The van der Waals surface area contributed by atoms with Gasteiger partial charge in [0.15, 0.2) is 0 Å². The van der Waals surface area contributed by atoms with E-state index in [1.54, 1.807) is 0 Å². The second-order valence-electron chi connectivity index (χ2n) is 4.26. The lowest BCUT2D eigenvalue weighted by Gasteiger charge is -2.11. The Balaban J connectivity index is 2.58. The van der Waals surface area contributed by atoms with Gasteiger partial charge in [-0.25, -0.2) is 4.98 Å². The quantitative estimate of drug-likeness (QED) is 0.792. The number of carbonyl (C=O) groups is 1. The molecule has 0 atom stereocenters. The molecule has 0 aliphatic carbocycles. The van der Waals surface area contributed by atoms with Gasteiger partial charge in [0, 0.05) is 11.1 Å². The molecule has 2 rings (SSSR count). The van der Waals surface area contributed by atoms with Gasteiger partial charge in [-0.1, -0.05) is 12.1 Å². The maximum Gasteiger partial charge on any atom is 0.310 e. The molecule has 100 valence electrons. The Morgan fingerprint density at radius 3 is 2.84 bits per heavy atom. The molecule has 1 heterocycles. The molecule has 4 nitrogen and oxygen atoms in total. The maximum atomic E-state index is 11.5. The molecule has 0 spiro atoms. The molecule has 0 N–H and O–H groups in total. The molecule has 1 aromatic heterocycles. The second kappa shape index (κ2) is 5.69. The number of fused-ring (bicyclic) bond motifs is 1. The molecular formula is C15H17NO3. The van der Waals surface area contributed by atoms with Gasteiger partial charge in [-0.15, -0.1) is 0 Å². The van der Waals surface area contributed by atoms with E-state index in [4.69, 9.17) is 9.47 Å². The van der Waals surface area contributed by atoms with Crippen LogP contribution in [0.25, 0.3) is 10.9 Å². The van der Waals surface area contributed by atoms with E-state index in [-0.39, 0.29) is 12.4 Å². The largest absolute Gasteiger partial charge is 0.492 e. The third-order valence-corrected chi connectivity index (χ3v) is 2.88. The molecule has 2 aromatic rings. The van der Waals surface area contributed by atoms with E-state index < -0.39 is 0 Å². The van der Waals surface area contributed by atoms with Gasteiger partial charge in [0.05, 0.1) is 20.1 Å². The summed E-state index contributed by atoms with van der Waals surface area (Å²) in [5.74, 6) is 0.489. The van der Waals surface area contributed by atoms with Crippen molar-refractivity contribution >= 4 is 16.9 Å². The minimum atomic E-state index is -0.256. The van der Waals surface area contributed by atoms with E-state index >= 15 is 0 Å². The van der Waals surface area contributed by atoms with Crippen LogP contribution < -0.4 is 4.74 Å². The van der Waals surface area contributed by atoms with Crippen molar-refractivity contribution in [2.24, 2.45) is 0 Å². The first-order chi connectivity index (χ1) is 9.15. The SMILES string of the molecule is CCOc1cccc2c(CC(=O)OC)cc(C)nc12. The van der Waals surface area contributed by atoms with E-state index in [1.807, 2.05) is 38.1 Å². The Labute approximate surface area is 112 Å². The number of benzene rings is 1. The maximum absolute atomic E-state index is 11.5. The first kappa shape index (κ1) is 13.3. The number of methoxy groups -OCH3 is 1. The third-order valence-electron chi connectivity index (χ3n) is 2.88. The Hall–Kier alpha value is -2.10. The summed E-state index contributed by atoms with van der Waals surface area (Å²) in [7, 11) is 1.39. The number of esters is 1. The van der Waals surface area contributed by atoms with Crippen LogP contribution in [-0.2, 0) is 16.0 Å². The minimum Gasteiger partial charge on any atom is -0.492 e. The van der Waals surface area contributed by atoms with E-state index in [0.29, 0.717) is 6.61 Å². The molecule has 1 aromatic carbocycles. The topological polar surface area (TPSA) is 48.4 Å². The molecule has 19 heavy (non-hydrogen) atoms. The normalized spacial score (nSPS) is 10.5. The summed E-state index contributed by atoms with van der Waals surface area (Å²) in [6.07, 6.45) is 0.242. The van der Waals surface area contributed by atoms with Crippen LogP contribution in [0.15, 0.2) is 24.3 Å². The first-order valence-corrected chi connectivity index (χ1v) is 6.24. The van der Waals surface area contributed by atoms with Gasteiger partial charge in [-0.3, -0.25) is 4.79 Å². The van der Waals surface area contributed by atoms with E-state index in [0.717, 1.165) is 27.9 Å². The Bertz CT molecular complexity index is 608. The summed E-state index contributed by atoms with van der Waals surface area (Å²) in [5, 5.41) is 0.932. The highest BCUT2D eigenvalue weighted by Gasteiger charge is 2.11. The first-order valence-electron chi connectivity index (χ1n) is 6.24. The van der Waals surface area contributed by atoms with E-state index in [2.05, 4.69) is 4.98 Å². The second-order valence-corrected chi connectivity index (χ2v) is 4.26. The zero-order valence-electron chi connectivity index (χ0n) is 11.4. The van der Waals surface area contributed by atoms with Gasteiger partial charge < -0.3 is 9.47 Å². The fourth-order valence-electron chi connectivity index (χ4n) is 2.08. The molecule has 0 saturated carbocycles. The van der Waals surface area contributed by atoms with Gasteiger partial charge in [0.25, 0.3) is 0 Å². The average Bonchev–Trinajstić information content (AvgIpc) is 2.39. The van der Waals surface area contributed by atoms with E-state index in [9.17, 15) is 4.79 Å². The van der Waals surface area contributed by atoms with Crippen molar-refractivity contribution in [2.75, 3.05) is 13.7 Å². The van der Waals surface area contributed by atoms with Crippen LogP contribution in [0.2, 0.25) is 0 Å². The van der Waals surface area contributed by atoms with Crippen molar-refractivity contribution in [3.8, 4) is 5.75 Å². The summed E-state index contributed by atoms with van der Waals surface area (Å²) in [4.78, 5) is 16.0. The number of carbonyl (C=O) groups excluding carboxylic acids is 1. The van der Waals surface area contributed by atoms with Gasteiger partial charge in [0.1, 0.15) is 11.3 Å². The number of para-hydroxylation sites is 1. The third kappa shape index (κ3) is 2.84. The molecule has 0 bridgehead atoms. The fraction of sp³-hybridized carbons (Fsp3) is 0.333. The number of aromatic nitrogens is 1. The number of hydrogen-bond donors (Lipinski definition) is 0. The van der Waals surface area contributed by atoms with Crippen LogP contribution in [0, 0.1) is 6.92 Å². The van der Waals surface area contributed by atoms with Crippen molar-refractivity contribution in [3.05, 3.63) is 35.5 Å². The lowest BCUT2D eigenvalue weighted by molar-refractivity contribution is -0.139. The number of aryl methyl sites for hydroxylation is 1. The fourth-order valence-corrected chi connectivity index (χ4v) is 2.08. The average molecular weight is 259 g/mol. The Morgan fingerprint density at radius 2 is 2.16 bits per heavy atom. The predicted octanol–water partition coefficient (Wildman–Crippen LogP) is 2.66. The summed E-state index contributed by atoms with van der Waals surface area (Å²) < 4.78 is 10.3. The minimum absolute atomic E-state index is 0.242. The zero-order chi connectivity index (χ0) is 13.8. The number of nitrogens with zero attached hydrogens (tertiary/aromatic N) is 1. The molecule has 0 fully saturated rings. The van der Waals surface area contributed by atoms with Crippen LogP contribution in [0.5, 0.6) is 5.75 Å². The lowest BCUT2D eigenvalue weighted by atomic mass is 10.0. The summed E-state index contributed by atoms with van der Waals surface area (Å²) >= 11 is 0. The van der Waals surface area contributed by atoms with Crippen LogP contribution >= 0.6 is 0 Å². The highest BCUT2D eigenvalue weighted by molar-refractivity contribution is 5.90. The number of rotatable bonds is 4. The van der Waals surface area contributed by atoms with Crippen LogP contribution in [0.4, 0.5) is 0 Å². The summed E-state index contributed by atoms with van der Waals surface area (Å²) in [5.41, 5.74) is 2.57. The predicted molar refractivity (Wildman–Crippen MR) is 73.4 cm³/mol. The molecule has 4 heteroatoms. The highest BCUT2D eigenvalue weighted by atomic mass is 16.5. The van der Waals surface area contributed by atoms with E-state index in [1.165, 1.54) is 7.11 Å². The summed E-state index contributed by atoms with van der Waals surface area (Å²) in [6.45, 7) is 4.42. The van der Waals surface area contributed by atoms with Crippen molar-refractivity contribution in [1.82, 2.24) is 4.98 Å². The van der Waals surface area contributed by atoms with Crippen molar-refractivity contribution in [3.63, 3.8) is 0 Å². The van der Waals surface area contributed by atoms with Crippen molar-refractivity contribution in [1.29, 1.82) is 0 Å². The number of pyridine rings is 1. The van der Waals surface area contributed by atoms with Crippen molar-refractivity contribution < 1.29 is 14.3 Å². The molecule has 0 radical (unpaired) electrons. The van der Waals surface area contributed by atoms with Gasteiger partial charge >= 0.3 is 5.97 Å². The summed E-state index contributed by atoms with van der Waals surface area (Å²) in [6, 6.07) is 7.66. The van der Waals surface area contributed by atoms with Gasteiger partial charge in [-0.2, -0.15) is 0 Å². The molecular weight excluding hydrogens is 242 g/mol. The Morgan fingerprint density at radius 1 is 1.37 bits per heavy atom. The molecule has 0 aliphatic heterocycles. The number of ether oxygens (including phenoxy) is 2. The zero-order valence-corrected chi connectivity index (χ0v) is 11.4. The number of hydrogen-bond acceptors (Lipinski definition) is 4. The van der Waals surface area contributed by atoms with Crippen LogP contribution in [0.3, 0.4) is 0 Å². The van der Waals surface area contributed by atoms with Crippen LogP contribution in [0.1, 0.15) is 18.2 Å². The smallest absolute Gasteiger partial charge is 0.310 e. The van der Waals surface area contributed by atoms with Gasteiger partial charge in [0.2, 0.25) is 0 Å². The Kier molecular flexibility index (Phi) is 4.00. The van der Waals surface area contributed by atoms with Crippen molar-refractivity contribution in [2.45, 2.75) is 20.3 Å². The van der Waals surface area contributed by atoms with Gasteiger partial charge in [-0.05, 0) is 31.5 Å². The monoisotopic (exact) mass is 259 g/mol. The molecule has 0 saturated heterocycles. The molecule has 0 unspecified atom stereocenters. The molecule has 0 aliphatic rings. The molecule has 0 amide bonds. The van der Waals surface area contributed by atoms with Crippen LogP contribution in [-0.4, -0.2) is 24.7 Å².